The highest BCUT2D eigenvalue weighted by Crippen LogP contribution is 2.17. The summed E-state index contributed by atoms with van der Waals surface area (Å²) >= 11 is 0. The van der Waals surface area contributed by atoms with Gasteiger partial charge in [-0.15, -0.1) is 0 Å². The van der Waals surface area contributed by atoms with Crippen LogP contribution in [0.15, 0.2) is 0 Å². The summed E-state index contributed by atoms with van der Waals surface area (Å²) in [6, 6.07) is -0.0478. The fourth-order valence-corrected chi connectivity index (χ4v) is 3.11. The van der Waals surface area contributed by atoms with Crippen molar-refractivity contribution in [3.63, 3.8) is 0 Å². The molecule has 0 aromatic rings. The van der Waals surface area contributed by atoms with Crippen molar-refractivity contribution >= 4 is 18.4 Å². The molecular weight excluding hydrogens is 328 g/mol. The number of methoxy groups -OCH3 is 1. The topological polar surface area (TPSA) is 93.6 Å². The number of carboxylic acid groups (broad SMARTS) is 1. The number of likely N-dealkylation sites (tertiary alicyclic amines) is 1. The maximum absolute atomic E-state index is 12.3. The van der Waals surface area contributed by atoms with Crippen molar-refractivity contribution in [1.29, 1.82) is 0 Å². The molecule has 1 atom stereocenters. The fraction of sp³-hybridized carbons (Fsp3) is 0.812. The van der Waals surface area contributed by atoms with E-state index in [2.05, 4.69) is 4.90 Å². The number of urea groups is 1. The van der Waals surface area contributed by atoms with Crippen LogP contribution in [0.25, 0.3) is 0 Å². The zero-order chi connectivity index (χ0) is 18.8. The van der Waals surface area contributed by atoms with Gasteiger partial charge < -0.3 is 29.4 Å². The Labute approximate surface area is 149 Å². The van der Waals surface area contributed by atoms with Gasteiger partial charge in [0.2, 0.25) is 5.91 Å². The molecule has 144 valence electrons. The first-order chi connectivity index (χ1) is 11.9. The third-order valence-electron chi connectivity index (χ3n) is 4.57. The van der Waals surface area contributed by atoms with Gasteiger partial charge in [-0.2, -0.15) is 0 Å². The van der Waals surface area contributed by atoms with E-state index in [0.717, 1.165) is 39.2 Å². The first-order valence-corrected chi connectivity index (χ1v) is 8.46. The van der Waals surface area contributed by atoms with E-state index in [1.807, 2.05) is 7.05 Å². The van der Waals surface area contributed by atoms with Gasteiger partial charge in [-0.25, -0.2) is 4.79 Å². The highest BCUT2D eigenvalue weighted by atomic mass is 16.5. The number of hydrogen-bond donors (Lipinski definition) is 1. The summed E-state index contributed by atoms with van der Waals surface area (Å²) in [6.07, 6.45) is 1.12. The standard InChI is InChI=1S/C15H28N4O3.CH2O2/c1-16-6-7-19(15(16)21)12-14(20)17(2)10-13-4-5-18(11-13)8-9-22-3;2-1-3/h13H,4-12H2,1-3H3;1H,(H,2,3). The van der Waals surface area contributed by atoms with E-state index in [9.17, 15) is 9.59 Å². The molecule has 0 bridgehead atoms. The molecule has 2 aliphatic heterocycles. The van der Waals surface area contributed by atoms with Crippen molar-refractivity contribution in [2.24, 2.45) is 5.92 Å². The van der Waals surface area contributed by atoms with Crippen molar-refractivity contribution in [1.82, 2.24) is 19.6 Å². The number of amides is 3. The lowest BCUT2D eigenvalue weighted by Crippen LogP contribution is -2.42. The highest BCUT2D eigenvalue weighted by molar-refractivity contribution is 5.84. The van der Waals surface area contributed by atoms with Crippen LogP contribution in [0.2, 0.25) is 0 Å². The third kappa shape index (κ3) is 6.87. The summed E-state index contributed by atoms with van der Waals surface area (Å²) < 4.78 is 5.10. The predicted octanol–water partition coefficient (Wildman–Crippen LogP) is -0.519. The van der Waals surface area contributed by atoms with Crippen molar-refractivity contribution < 1.29 is 24.2 Å². The van der Waals surface area contributed by atoms with E-state index in [4.69, 9.17) is 14.6 Å². The fourth-order valence-electron chi connectivity index (χ4n) is 3.11. The molecule has 0 spiro atoms. The van der Waals surface area contributed by atoms with Gasteiger partial charge in [-0.3, -0.25) is 9.59 Å². The molecular formula is C16H30N4O5. The zero-order valence-electron chi connectivity index (χ0n) is 15.4. The maximum atomic E-state index is 12.3. The smallest absolute Gasteiger partial charge is 0.320 e. The van der Waals surface area contributed by atoms with E-state index < -0.39 is 0 Å². The number of ether oxygens (including phenoxy) is 1. The zero-order valence-corrected chi connectivity index (χ0v) is 15.4. The average molecular weight is 358 g/mol. The lowest BCUT2D eigenvalue weighted by atomic mass is 10.1. The number of rotatable bonds is 7. The summed E-state index contributed by atoms with van der Waals surface area (Å²) in [6.45, 7) is 5.86. The minimum atomic E-state index is -0.250. The Bertz CT molecular complexity index is 448. The van der Waals surface area contributed by atoms with Gasteiger partial charge in [0.05, 0.1) is 6.61 Å². The van der Waals surface area contributed by atoms with Gasteiger partial charge in [0.15, 0.2) is 0 Å². The summed E-state index contributed by atoms with van der Waals surface area (Å²) in [7, 11) is 5.32. The van der Waals surface area contributed by atoms with Crippen molar-refractivity contribution in [3.05, 3.63) is 0 Å². The largest absolute Gasteiger partial charge is 0.483 e. The quantitative estimate of drug-likeness (QED) is 0.616. The molecule has 0 aromatic carbocycles. The van der Waals surface area contributed by atoms with Crippen LogP contribution in [0.3, 0.4) is 0 Å². The molecule has 1 N–H and O–H groups in total. The molecule has 9 heteroatoms. The lowest BCUT2D eigenvalue weighted by molar-refractivity contribution is -0.131. The van der Waals surface area contributed by atoms with Gasteiger partial charge in [-0.05, 0) is 18.9 Å². The number of carbonyl (C=O) groups excluding carboxylic acids is 2. The molecule has 1 unspecified atom stereocenters. The number of carbonyl (C=O) groups is 3. The van der Waals surface area contributed by atoms with Crippen LogP contribution >= 0.6 is 0 Å². The van der Waals surface area contributed by atoms with Crippen molar-refractivity contribution in [3.8, 4) is 0 Å². The van der Waals surface area contributed by atoms with Gasteiger partial charge in [0.1, 0.15) is 6.54 Å². The van der Waals surface area contributed by atoms with Gasteiger partial charge in [0, 0.05) is 53.9 Å². The Hall–Kier alpha value is -1.87. The van der Waals surface area contributed by atoms with Crippen LogP contribution in [0.5, 0.6) is 0 Å². The van der Waals surface area contributed by atoms with E-state index >= 15 is 0 Å². The Morgan fingerprint density at radius 3 is 2.64 bits per heavy atom. The van der Waals surface area contributed by atoms with Gasteiger partial charge >= 0.3 is 6.03 Å². The summed E-state index contributed by atoms with van der Waals surface area (Å²) in [5.41, 5.74) is 0. The monoisotopic (exact) mass is 358 g/mol. The first-order valence-electron chi connectivity index (χ1n) is 8.46. The molecule has 2 heterocycles. The molecule has 2 saturated heterocycles. The maximum Gasteiger partial charge on any atom is 0.320 e. The van der Waals surface area contributed by atoms with E-state index in [0.29, 0.717) is 19.0 Å². The van der Waals surface area contributed by atoms with Crippen LogP contribution in [-0.4, -0.2) is 117 Å². The molecule has 2 aliphatic rings. The average Bonchev–Trinajstić information content (AvgIpc) is 3.15. The van der Waals surface area contributed by atoms with Gasteiger partial charge in [0.25, 0.3) is 6.47 Å². The predicted molar refractivity (Wildman–Crippen MR) is 92.4 cm³/mol. The van der Waals surface area contributed by atoms with Gasteiger partial charge in [-0.1, -0.05) is 0 Å². The summed E-state index contributed by atoms with van der Waals surface area (Å²) in [4.78, 5) is 39.9. The molecule has 2 fully saturated rings. The molecule has 0 aromatic heterocycles. The Balaban J connectivity index is 0.000000970. The number of likely N-dealkylation sites (N-methyl/N-ethyl adjacent to an activating group) is 2. The number of nitrogens with zero attached hydrogens (tertiary/aromatic N) is 4. The lowest BCUT2D eigenvalue weighted by Gasteiger charge is -2.24. The molecule has 0 radical (unpaired) electrons. The second-order valence-electron chi connectivity index (χ2n) is 6.45. The van der Waals surface area contributed by atoms with Crippen molar-refractivity contribution in [2.45, 2.75) is 6.42 Å². The second-order valence-corrected chi connectivity index (χ2v) is 6.45. The summed E-state index contributed by atoms with van der Waals surface area (Å²) in [5, 5.41) is 6.89. The molecule has 0 aliphatic carbocycles. The normalized spacial score (nSPS) is 20.4. The SMILES string of the molecule is COCCN1CCC(CN(C)C(=O)CN2CCN(C)C2=O)C1.O=CO. The Morgan fingerprint density at radius 2 is 2.08 bits per heavy atom. The van der Waals surface area contributed by atoms with Crippen LogP contribution in [0, 0.1) is 5.92 Å². The van der Waals surface area contributed by atoms with Crippen molar-refractivity contribution in [2.75, 3.05) is 73.6 Å². The third-order valence-corrected chi connectivity index (χ3v) is 4.57. The molecule has 25 heavy (non-hydrogen) atoms. The van der Waals surface area contributed by atoms with Crippen LogP contribution in [0.4, 0.5) is 4.79 Å². The highest BCUT2D eigenvalue weighted by Gasteiger charge is 2.29. The van der Waals surface area contributed by atoms with E-state index in [-0.39, 0.29) is 25.0 Å². The summed E-state index contributed by atoms with van der Waals surface area (Å²) in [5.74, 6) is 0.543. The number of hydrogen-bond acceptors (Lipinski definition) is 5. The van der Waals surface area contributed by atoms with Crippen LogP contribution in [0.1, 0.15) is 6.42 Å². The Kier molecular flexibility index (Phi) is 9.22. The minimum absolute atomic E-state index is 0.0268. The molecule has 2 rings (SSSR count). The molecule has 0 saturated carbocycles. The second kappa shape index (κ2) is 10.9. The molecule has 3 amide bonds. The van der Waals surface area contributed by atoms with Crippen LogP contribution in [-0.2, 0) is 14.3 Å². The minimum Gasteiger partial charge on any atom is -0.483 e. The van der Waals surface area contributed by atoms with E-state index in [1.165, 1.54) is 0 Å². The molecule has 9 nitrogen and oxygen atoms in total. The van der Waals surface area contributed by atoms with Crippen LogP contribution < -0.4 is 0 Å². The van der Waals surface area contributed by atoms with E-state index in [1.54, 1.807) is 28.9 Å². The Morgan fingerprint density at radius 1 is 1.40 bits per heavy atom. The first kappa shape index (κ1) is 21.2.